The van der Waals surface area contributed by atoms with Crippen LogP contribution in [0.2, 0.25) is 0 Å². The lowest BCUT2D eigenvalue weighted by molar-refractivity contribution is -0.127. The van der Waals surface area contributed by atoms with Crippen LogP contribution in [0.5, 0.6) is 0 Å². The molecule has 1 unspecified atom stereocenters. The van der Waals surface area contributed by atoms with Crippen molar-refractivity contribution in [2.75, 3.05) is 25.0 Å². The molecule has 7 heteroatoms. The summed E-state index contributed by atoms with van der Waals surface area (Å²) in [6.07, 6.45) is 4.23. The van der Waals surface area contributed by atoms with Gasteiger partial charge in [-0.1, -0.05) is 0 Å². The van der Waals surface area contributed by atoms with E-state index in [9.17, 15) is 9.59 Å². The van der Waals surface area contributed by atoms with Gasteiger partial charge in [0, 0.05) is 58.1 Å². The van der Waals surface area contributed by atoms with Gasteiger partial charge in [0.05, 0.1) is 11.7 Å². The number of nitrogens with zero attached hydrogens (tertiary/aromatic N) is 5. The fourth-order valence-electron chi connectivity index (χ4n) is 3.02. The molecule has 3 rings (SSSR count). The van der Waals surface area contributed by atoms with Crippen molar-refractivity contribution in [3.05, 3.63) is 40.9 Å². The third kappa shape index (κ3) is 3.02. The van der Waals surface area contributed by atoms with Crippen molar-refractivity contribution in [1.29, 1.82) is 0 Å². The maximum Gasteiger partial charge on any atom is 0.255 e. The standard InChI is InChI=1S/C17H21N5O2/c1-12(23)22-9-6-14(11-22)20(2)17-19-15(10-16(24)21(17)3)13-4-7-18-8-5-13/h4-5,7-8,10,14H,6,9,11H2,1-3H3. The molecule has 3 heterocycles. The van der Waals surface area contributed by atoms with Crippen molar-refractivity contribution >= 4 is 11.9 Å². The summed E-state index contributed by atoms with van der Waals surface area (Å²) >= 11 is 0. The number of carbonyl (C=O) groups is 1. The second-order valence-corrected chi connectivity index (χ2v) is 6.09. The van der Waals surface area contributed by atoms with Gasteiger partial charge in [0.1, 0.15) is 0 Å². The number of likely N-dealkylation sites (tertiary alicyclic amines) is 1. The van der Waals surface area contributed by atoms with Crippen LogP contribution in [0.3, 0.4) is 0 Å². The van der Waals surface area contributed by atoms with Crippen LogP contribution in [-0.2, 0) is 11.8 Å². The Bertz CT molecular complexity index is 802. The molecule has 7 nitrogen and oxygen atoms in total. The minimum atomic E-state index is -0.111. The number of likely N-dealkylation sites (N-methyl/N-ethyl adjacent to an activating group) is 1. The number of aromatic nitrogens is 3. The van der Waals surface area contributed by atoms with Crippen molar-refractivity contribution in [3.8, 4) is 11.3 Å². The highest BCUT2D eigenvalue weighted by atomic mass is 16.2. The van der Waals surface area contributed by atoms with Crippen LogP contribution in [0.4, 0.5) is 5.95 Å². The maximum absolute atomic E-state index is 12.3. The summed E-state index contributed by atoms with van der Waals surface area (Å²) in [4.78, 5) is 36.4. The Kier molecular flexibility index (Phi) is 4.33. The Morgan fingerprint density at radius 3 is 2.67 bits per heavy atom. The van der Waals surface area contributed by atoms with Crippen molar-refractivity contribution in [3.63, 3.8) is 0 Å². The van der Waals surface area contributed by atoms with Crippen LogP contribution in [-0.4, -0.2) is 51.5 Å². The van der Waals surface area contributed by atoms with Crippen molar-refractivity contribution in [2.45, 2.75) is 19.4 Å². The first-order chi connectivity index (χ1) is 11.5. The van der Waals surface area contributed by atoms with Crippen molar-refractivity contribution in [1.82, 2.24) is 19.4 Å². The van der Waals surface area contributed by atoms with Gasteiger partial charge in [0.25, 0.3) is 5.56 Å². The highest BCUT2D eigenvalue weighted by Crippen LogP contribution is 2.22. The highest BCUT2D eigenvalue weighted by Gasteiger charge is 2.29. The molecule has 0 N–H and O–H groups in total. The van der Waals surface area contributed by atoms with E-state index in [4.69, 9.17) is 0 Å². The summed E-state index contributed by atoms with van der Waals surface area (Å²) in [7, 11) is 3.64. The molecule has 2 aromatic rings. The smallest absolute Gasteiger partial charge is 0.255 e. The van der Waals surface area contributed by atoms with Crippen molar-refractivity contribution < 1.29 is 4.79 Å². The van der Waals surface area contributed by atoms with Crippen LogP contribution >= 0.6 is 0 Å². The lowest BCUT2D eigenvalue weighted by Crippen LogP contribution is -2.39. The first-order valence-electron chi connectivity index (χ1n) is 7.94. The Labute approximate surface area is 140 Å². The summed E-state index contributed by atoms with van der Waals surface area (Å²) in [5.74, 6) is 0.683. The van der Waals surface area contributed by atoms with E-state index in [1.54, 1.807) is 30.9 Å². The minimum absolute atomic E-state index is 0.0817. The zero-order valence-electron chi connectivity index (χ0n) is 14.1. The summed E-state index contributed by atoms with van der Waals surface area (Å²) in [5.41, 5.74) is 1.37. The van der Waals surface area contributed by atoms with E-state index < -0.39 is 0 Å². The molecule has 2 aromatic heterocycles. The van der Waals surface area contributed by atoms with Gasteiger partial charge in [-0.15, -0.1) is 0 Å². The van der Waals surface area contributed by atoms with Gasteiger partial charge < -0.3 is 9.80 Å². The van der Waals surface area contributed by atoms with Crippen LogP contribution in [0, 0.1) is 0 Å². The Morgan fingerprint density at radius 2 is 2.04 bits per heavy atom. The summed E-state index contributed by atoms with van der Waals surface area (Å²) in [5, 5.41) is 0. The third-order valence-electron chi connectivity index (χ3n) is 4.56. The van der Waals surface area contributed by atoms with E-state index in [1.165, 1.54) is 6.07 Å². The molecule has 1 fully saturated rings. The molecular formula is C17H21N5O2. The normalized spacial score (nSPS) is 17.1. The number of hydrogen-bond acceptors (Lipinski definition) is 5. The molecule has 1 aliphatic rings. The molecule has 0 aliphatic carbocycles. The fraction of sp³-hybridized carbons (Fsp3) is 0.412. The predicted molar refractivity (Wildman–Crippen MR) is 91.8 cm³/mol. The lowest BCUT2D eigenvalue weighted by Gasteiger charge is -2.27. The first kappa shape index (κ1) is 16.2. The molecule has 24 heavy (non-hydrogen) atoms. The average molecular weight is 327 g/mol. The lowest BCUT2D eigenvalue weighted by atomic mass is 10.2. The van der Waals surface area contributed by atoms with E-state index in [0.717, 1.165) is 18.5 Å². The van der Waals surface area contributed by atoms with E-state index in [-0.39, 0.29) is 17.5 Å². The number of anilines is 1. The number of amides is 1. The molecule has 1 amide bonds. The average Bonchev–Trinajstić information content (AvgIpc) is 3.08. The van der Waals surface area contributed by atoms with Gasteiger partial charge >= 0.3 is 0 Å². The fourth-order valence-corrected chi connectivity index (χ4v) is 3.02. The number of hydrogen-bond donors (Lipinski definition) is 0. The van der Waals surface area contributed by atoms with Crippen LogP contribution < -0.4 is 10.5 Å². The predicted octanol–water partition coefficient (Wildman–Crippen LogP) is 0.899. The zero-order chi connectivity index (χ0) is 17.3. The van der Waals surface area contributed by atoms with Crippen LogP contribution in [0.1, 0.15) is 13.3 Å². The largest absolute Gasteiger partial charge is 0.341 e. The number of rotatable bonds is 3. The van der Waals surface area contributed by atoms with E-state index in [0.29, 0.717) is 18.2 Å². The van der Waals surface area contributed by atoms with Crippen molar-refractivity contribution in [2.24, 2.45) is 7.05 Å². The molecule has 1 saturated heterocycles. The van der Waals surface area contributed by atoms with E-state index in [2.05, 4.69) is 9.97 Å². The van der Waals surface area contributed by atoms with Crippen LogP contribution in [0.15, 0.2) is 35.4 Å². The molecule has 0 radical (unpaired) electrons. The Balaban J connectivity index is 1.94. The Morgan fingerprint density at radius 1 is 1.33 bits per heavy atom. The van der Waals surface area contributed by atoms with Gasteiger partial charge in [-0.05, 0) is 18.6 Å². The molecule has 0 saturated carbocycles. The number of carbonyl (C=O) groups excluding carboxylic acids is 1. The van der Waals surface area contributed by atoms with Gasteiger partial charge in [0.15, 0.2) is 0 Å². The minimum Gasteiger partial charge on any atom is -0.341 e. The maximum atomic E-state index is 12.3. The molecular weight excluding hydrogens is 306 g/mol. The molecule has 0 aromatic carbocycles. The van der Waals surface area contributed by atoms with Gasteiger partial charge in [0.2, 0.25) is 11.9 Å². The second-order valence-electron chi connectivity index (χ2n) is 6.09. The number of pyridine rings is 1. The summed E-state index contributed by atoms with van der Waals surface area (Å²) in [6.45, 7) is 2.98. The topological polar surface area (TPSA) is 71.3 Å². The first-order valence-corrected chi connectivity index (χ1v) is 7.94. The quantitative estimate of drug-likeness (QED) is 0.837. The molecule has 126 valence electrons. The molecule has 1 aliphatic heterocycles. The molecule has 0 spiro atoms. The molecule has 1 atom stereocenters. The van der Waals surface area contributed by atoms with Gasteiger partial charge in [-0.2, -0.15) is 0 Å². The SMILES string of the molecule is CC(=O)N1CCC(N(C)c2nc(-c3ccncc3)cc(=O)n2C)C1. The highest BCUT2D eigenvalue weighted by molar-refractivity contribution is 5.73. The summed E-state index contributed by atoms with van der Waals surface area (Å²) in [6, 6.07) is 5.35. The zero-order valence-corrected chi connectivity index (χ0v) is 14.1. The third-order valence-corrected chi connectivity index (χ3v) is 4.56. The second kappa shape index (κ2) is 6.43. The molecule has 0 bridgehead atoms. The summed E-state index contributed by atoms with van der Waals surface area (Å²) < 4.78 is 1.54. The van der Waals surface area contributed by atoms with E-state index in [1.807, 2.05) is 29.0 Å². The van der Waals surface area contributed by atoms with Gasteiger partial charge in [-0.25, -0.2) is 4.98 Å². The van der Waals surface area contributed by atoms with Crippen LogP contribution in [0.25, 0.3) is 11.3 Å². The Hall–Kier alpha value is -2.70. The monoisotopic (exact) mass is 327 g/mol. The van der Waals surface area contributed by atoms with E-state index >= 15 is 0 Å². The van der Waals surface area contributed by atoms with Gasteiger partial charge in [-0.3, -0.25) is 19.1 Å².